The van der Waals surface area contributed by atoms with Gasteiger partial charge in [0.25, 0.3) is 0 Å². The highest BCUT2D eigenvalue weighted by molar-refractivity contribution is 8.00. The minimum absolute atomic E-state index is 0.00861. The van der Waals surface area contributed by atoms with Gasteiger partial charge in [0.15, 0.2) is 0 Å². The smallest absolute Gasteiger partial charge is 0.315 e. The van der Waals surface area contributed by atoms with E-state index in [4.69, 9.17) is 4.74 Å². The van der Waals surface area contributed by atoms with Crippen molar-refractivity contribution < 1.29 is 14.3 Å². The molecule has 0 N–H and O–H groups in total. The van der Waals surface area contributed by atoms with Crippen molar-refractivity contribution >= 4 is 23.6 Å². The van der Waals surface area contributed by atoms with E-state index in [1.807, 2.05) is 0 Å². The van der Waals surface area contributed by atoms with Crippen LogP contribution in [0.15, 0.2) is 0 Å². The molecule has 4 nitrogen and oxygen atoms in total. The van der Waals surface area contributed by atoms with Crippen LogP contribution in [-0.2, 0) is 14.3 Å². The van der Waals surface area contributed by atoms with E-state index in [1.54, 1.807) is 21.0 Å². The van der Waals surface area contributed by atoms with Gasteiger partial charge in [-0.2, -0.15) is 0 Å². The maximum Gasteiger partial charge on any atom is 0.315 e. The number of nitrogens with zero attached hydrogens (tertiary/aromatic N) is 1. The predicted octanol–water partition coefficient (Wildman–Crippen LogP) is 0.371. The Bertz CT molecular complexity index is 182. The van der Waals surface area contributed by atoms with Crippen LogP contribution in [0.25, 0.3) is 0 Å². The first kappa shape index (κ1) is 12.3. The molecule has 0 bridgehead atoms. The van der Waals surface area contributed by atoms with Crippen LogP contribution in [0.2, 0.25) is 0 Å². The number of hydrogen-bond acceptors (Lipinski definition) is 4. The minimum atomic E-state index is -0.265. The number of carbonyl (C=O) groups is 2. The van der Waals surface area contributed by atoms with E-state index < -0.39 is 0 Å². The molecule has 0 spiro atoms. The van der Waals surface area contributed by atoms with Gasteiger partial charge < -0.3 is 9.64 Å². The summed E-state index contributed by atoms with van der Waals surface area (Å²) in [5, 5.41) is 0. The standard InChI is InChI=1S/C8H15NO3S/c1-4-12-8(11)6-13-5-7(10)9(2)3/h4-6H2,1-3H3. The highest BCUT2D eigenvalue weighted by Gasteiger charge is 2.06. The molecule has 0 heterocycles. The van der Waals surface area contributed by atoms with Crippen molar-refractivity contribution in [3.05, 3.63) is 0 Å². The molecule has 0 saturated carbocycles. The maximum absolute atomic E-state index is 11.0. The first-order chi connectivity index (χ1) is 6.07. The van der Waals surface area contributed by atoms with Crippen molar-refractivity contribution in [3.63, 3.8) is 0 Å². The lowest BCUT2D eigenvalue weighted by atomic mass is 10.6. The number of esters is 1. The van der Waals surface area contributed by atoms with Gasteiger partial charge >= 0.3 is 5.97 Å². The zero-order chi connectivity index (χ0) is 10.3. The zero-order valence-electron chi connectivity index (χ0n) is 8.20. The molecule has 0 unspecified atom stereocenters. The Kier molecular flexibility index (Phi) is 6.40. The fourth-order valence-corrected chi connectivity index (χ4v) is 1.34. The van der Waals surface area contributed by atoms with E-state index in [1.165, 1.54) is 16.7 Å². The van der Waals surface area contributed by atoms with E-state index in [-0.39, 0.29) is 17.6 Å². The second-order valence-electron chi connectivity index (χ2n) is 2.59. The molecule has 13 heavy (non-hydrogen) atoms. The molecule has 0 rings (SSSR count). The summed E-state index contributed by atoms with van der Waals surface area (Å²) < 4.78 is 4.70. The fraction of sp³-hybridized carbons (Fsp3) is 0.750. The molecule has 0 fully saturated rings. The normalized spacial score (nSPS) is 9.46. The Balaban J connectivity index is 3.45. The Hall–Kier alpha value is -0.710. The first-order valence-corrected chi connectivity index (χ1v) is 5.17. The topological polar surface area (TPSA) is 46.6 Å². The van der Waals surface area contributed by atoms with Crippen LogP contribution in [0.1, 0.15) is 6.92 Å². The minimum Gasteiger partial charge on any atom is -0.465 e. The average Bonchev–Trinajstić information content (AvgIpc) is 2.04. The summed E-state index contributed by atoms with van der Waals surface area (Å²) in [4.78, 5) is 23.4. The second-order valence-corrected chi connectivity index (χ2v) is 3.57. The molecule has 0 radical (unpaired) electrons. The van der Waals surface area contributed by atoms with Gasteiger partial charge in [-0.15, -0.1) is 11.8 Å². The van der Waals surface area contributed by atoms with E-state index in [0.29, 0.717) is 12.4 Å². The van der Waals surface area contributed by atoms with Gasteiger partial charge in [0.2, 0.25) is 5.91 Å². The third-order valence-corrected chi connectivity index (χ3v) is 2.14. The summed E-state index contributed by atoms with van der Waals surface area (Å²) >= 11 is 1.27. The number of hydrogen-bond donors (Lipinski definition) is 0. The van der Waals surface area contributed by atoms with Gasteiger partial charge in [-0.05, 0) is 6.92 Å². The van der Waals surface area contributed by atoms with Crippen LogP contribution in [0, 0.1) is 0 Å². The summed E-state index contributed by atoms with van der Waals surface area (Å²) in [5.74, 6) is 0.313. The summed E-state index contributed by atoms with van der Waals surface area (Å²) in [7, 11) is 3.38. The van der Waals surface area contributed by atoms with Gasteiger partial charge in [0.1, 0.15) is 0 Å². The van der Waals surface area contributed by atoms with Crippen molar-refractivity contribution in [2.24, 2.45) is 0 Å². The Morgan fingerprint density at radius 1 is 1.31 bits per heavy atom. The number of carbonyl (C=O) groups excluding carboxylic acids is 2. The molecule has 0 saturated heterocycles. The van der Waals surface area contributed by atoms with Crippen LogP contribution in [-0.4, -0.2) is 49.0 Å². The molecular formula is C8H15NO3S. The van der Waals surface area contributed by atoms with Crippen LogP contribution < -0.4 is 0 Å². The Labute approximate surface area is 82.6 Å². The summed E-state index contributed by atoms with van der Waals surface area (Å²) in [5.41, 5.74) is 0. The Morgan fingerprint density at radius 2 is 1.92 bits per heavy atom. The number of rotatable bonds is 5. The Morgan fingerprint density at radius 3 is 2.38 bits per heavy atom. The van der Waals surface area contributed by atoms with E-state index in [2.05, 4.69) is 0 Å². The molecule has 0 aromatic rings. The third kappa shape index (κ3) is 6.45. The highest BCUT2D eigenvalue weighted by Crippen LogP contribution is 2.01. The van der Waals surface area contributed by atoms with Crippen molar-refractivity contribution in [2.75, 3.05) is 32.2 Å². The molecule has 0 aliphatic heterocycles. The maximum atomic E-state index is 11.0. The molecule has 5 heteroatoms. The van der Waals surface area contributed by atoms with Gasteiger partial charge in [-0.25, -0.2) is 0 Å². The quantitative estimate of drug-likeness (QED) is 0.608. The first-order valence-electron chi connectivity index (χ1n) is 4.01. The van der Waals surface area contributed by atoms with Gasteiger partial charge in [0.05, 0.1) is 18.1 Å². The largest absolute Gasteiger partial charge is 0.465 e. The van der Waals surface area contributed by atoms with Crippen molar-refractivity contribution in [3.8, 4) is 0 Å². The van der Waals surface area contributed by atoms with Crippen LogP contribution in [0.4, 0.5) is 0 Å². The van der Waals surface area contributed by atoms with Crippen molar-refractivity contribution in [1.29, 1.82) is 0 Å². The molecule has 0 aromatic heterocycles. The molecular weight excluding hydrogens is 190 g/mol. The lowest BCUT2D eigenvalue weighted by molar-refractivity contribution is -0.139. The van der Waals surface area contributed by atoms with Crippen molar-refractivity contribution in [2.45, 2.75) is 6.92 Å². The summed E-state index contributed by atoms with van der Waals surface area (Å²) in [6, 6.07) is 0. The molecule has 1 amide bonds. The van der Waals surface area contributed by atoms with Gasteiger partial charge in [-0.3, -0.25) is 9.59 Å². The SMILES string of the molecule is CCOC(=O)CSCC(=O)N(C)C. The lowest BCUT2D eigenvalue weighted by Crippen LogP contribution is -2.24. The monoisotopic (exact) mass is 205 g/mol. The van der Waals surface area contributed by atoms with Crippen LogP contribution >= 0.6 is 11.8 Å². The van der Waals surface area contributed by atoms with Crippen LogP contribution in [0.5, 0.6) is 0 Å². The summed E-state index contributed by atoms with van der Waals surface area (Å²) in [6.07, 6.45) is 0. The number of thioether (sulfide) groups is 1. The highest BCUT2D eigenvalue weighted by atomic mass is 32.2. The van der Waals surface area contributed by atoms with Gasteiger partial charge in [-0.1, -0.05) is 0 Å². The van der Waals surface area contributed by atoms with E-state index in [0.717, 1.165) is 0 Å². The van der Waals surface area contributed by atoms with E-state index in [9.17, 15) is 9.59 Å². The molecule has 76 valence electrons. The molecule has 0 aromatic carbocycles. The van der Waals surface area contributed by atoms with Gasteiger partial charge in [0, 0.05) is 14.1 Å². The number of ether oxygens (including phenoxy) is 1. The van der Waals surface area contributed by atoms with E-state index >= 15 is 0 Å². The summed E-state index contributed by atoms with van der Waals surface area (Å²) in [6.45, 7) is 2.15. The second kappa shape index (κ2) is 6.77. The lowest BCUT2D eigenvalue weighted by Gasteiger charge is -2.08. The third-order valence-electron chi connectivity index (χ3n) is 1.25. The molecule has 0 atom stereocenters. The molecule has 0 aliphatic carbocycles. The number of amides is 1. The average molecular weight is 205 g/mol. The fourth-order valence-electron chi connectivity index (χ4n) is 0.553. The predicted molar refractivity (Wildman–Crippen MR) is 52.7 cm³/mol. The van der Waals surface area contributed by atoms with Crippen LogP contribution in [0.3, 0.4) is 0 Å². The van der Waals surface area contributed by atoms with Crippen molar-refractivity contribution in [1.82, 2.24) is 4.90 Å². The molecule has 0 aliphatic rings. The zero-order valence-corrected chi connectivity index (χ0v) is 9.02.